The quantitative estimate of drug-likeness (QED) is 0.782. The van der Waals surface area contributed by atoms with Crippen LogP contribution in [-0.4, -0.2) is 59.5 Å². The van der Waals surface area contributed by atoms with Crippen LogP contribution in [0.4, 0.5) is 0 Å². The lowest BCUT2D eigenvalue weighted by molar-refractivity contribution is -0.133. The maximum absolute atomic E-state index is 12.7. The highest BCUT2D eigenvalue weighted by Crippen LogP contribution is 2.19. The van der Waals surface area contributed by atoms with E-state index in [1.165, 1.54) is 4.31 Å². The van der Waals surface area contributed by atoms with Gasteiger partial charge >= 0.3 is 0 Å². The zero-order valence-corrected chi connectivity index (χ0v) is 16.8. The number of carbonyl (C=O) groups excluding carboxylic acids is 1. The number of amides is 1. The third-order valence-electron chi connectivity index (χ3n) is 4.90. The lowest BCUT2D eigenvalue weighted by Crippen LogP contribution is -2.50. The molecule has 2 aromatic rings. The number of benzene rings is 1. The lowest BCUT2D eigenvalue weighted by atomic mass is 10.2. The molecule has 146 valence electrons. The summed E-state index contributed by atoms with van der Waals surface area (Å²) in [5.41, 5.74) is 1.97. The number of carbonyl (C=O) groups is 1. The Morgan fingerprint density at radius 2 is 1.74 bits per heavy atom. The normalized spacial score (nSPS) is 17.1. The average molecular weight is 391 g/mol. The van der Waals surface area contributed by atoms with Crippen LogP contribution < -0.4 is 0 Å². The van der Waals surface area contributed by atoms with Crippen LogP contribution in [0.2, 0.25) is 0 Å². The predicted molar refractivity (Wildman–Crippen MR) is 103 cm³/mol. The summed E-state index contributed by atoms with van der Waals surface area (Å²) in [6.45, 7) is 7.35. The number of hydrogen-bond donors (Lipinski definition) is 0. The highest BCUT2D eigenvalue weighted by atomic mass is 32.2. The summed E-state index contributed by atoms with van der Waals surface area (Å²) in [6, 6.07) is 10.4. The highest BCUT2D eigenvalue weighted by Gasteiger charge is 2.30. The van der Waals surface area contributed by atoms with Gasteiger partial charge in [0, 0.05) is 38.3 Å². The summed E-state index contributed by atoms with van der Waals surface area (Å²) < 4.78 is 28.7. The van der Waals surface area contributed by atoms with E-state index in [4.69, 9.17) is 0 Å². The first kappa shape index (κ1) is 19.6. The molecular weight excluding hydrogens is 364 g/mol. The minimum Gasteiger partial charge on any atom is -0.340 e. The number of piperazine rings is 1. The van der Waals surface area contributed by atoms with Gasteiger partial charge in [0.25, 0.3) is 0 Å². The Hall–Kier alpha value is -2.19. The van der Waals surface area contributed by atoms with Gasteiger partial charge in [0.2, 0.25) is 15.9 Å². The molecule has 3 rings (SSSR count). The second kappa shape index (κ2) is 7.82. The molecule has 0 bridgehead atoms. The molecule has 7 nitrogen and oxygen atoms in total. The number of hydrogen-bond acceptors (Lipinski definition) is 4. The SMILES string of the molecule is Cc1cc(C)n(C(C)CC(=O)N2CCN(S(=O)(=O)c3ccccc3)CC2)n1. The van der Waals surface area contributed by atoms with Gasteiger partial charge in [-0.25, -0.2) is 8.42 Å². The van der Waals surface area contributed by atoms with Gasteiger partial charge in [0.1, 0.15) is 0 Å². The van der Waals surface area contributed by atoms with Crippen molar-refractivity contribution in [3.63, 3.8) is 0 Å². The molecule has 1 saturated heterocycles. The molecule has 1 aromatic heterocycles. The monoisotopic (exact) mass is 390 g/mol. The number of aryl methyl sites for hydroxylation is 2. The van der Waals surface area contributed by atoms with Crippen molar-refractivity contribution in [3.05, 3.63) is 47.8 Å². The van der Waals surface area contributed by atoms with Crippen LogP contribution in [0.15, 0.2) is 41.3 Å². The van der Waals surface area contributed by atoms with E-state index in [0.717, 1.165) is 11.4 Å². The number of aromatic nitrogens is 2. The van der Waals surface area contributed by atoms with Gasteiger partial charge in [-0.2, -0.15) is 9.40 Å². The smallest absolute Gasteiger partial charge is 0.243 e. The summed E-state index contributed by atoms with van der Waals surface area (Å²) in [4.78, 5) is 14.7. The van der Waals surface area contributed by atoms with Gasteiger partial charge in [-0.1, -0.05) is 18.2 Å². The van der Waals surface area contributed by atoms with Gasteiger partial charge in [-0.15, -0.1) is 0 Å². The van der Waals surface area contributed by atoms with Crippen molar-refractivity contribution >= 4 is 15.9 Å². The van der Waals surface area contributed by atoms with E-state index in [1.54, 1.807) is 35.2 Å². The minimum atomic E-state index is -3.50. The summed E-state index contributed by atoms with van der Waals surface area (Å²) in [5, 5.41) is 4.44. The summed E-state index contributed by atoms with van der Waals surface area (Å²) in [6.07, 6.45) is 0.355. The number of nitrogens with zero attached hydrogens (tertiary/aromatic N) is 4. The molecule has 27 heavy (non-hydrogen) atoms. The fourth-order valence-corrected chi connectivity index (χ4v) is 4.92. The van der Waals surface area contributed by atoms with Crippen molar-refractivity contribution in [1.82, 2.24) is 19.0 Å². The van der Waals surface area contributed by atoms with Crippen LogP contribution in [0.5, 0.6) is 0 Å². The molecule has 1 aliphatic rings. The van der Waals surface area contributed by atoms with E-state index in [2.05, 4.69) is 5.10 Å². The predicted octanol–water partition coefficient (Wildman–Crippen LogP) is 1.98. The molecule has 1 aliphatic heterocycles. The molecule has 1 unspecified atom stereocenters. The number of sulfonamides is 1. The van der Waals surface area contributed by atoms with Crippen molar-refractivity contribution in [2.75, 3.05) is 26.2 Å². The van der Waals surface area contributed by atoms with Gasteiger partial charge in [0.05, 0.1) is 16.6 Å². The Morgan fingerprint density at radius 3 is 2.30 bits per heavy atom. The molecule has 0 spiro atoms. The van der Waals surface area contributed by atoms with Crippen molar-refractivity contribution in [2.24, 2.45) is 0 Å². The zero-order chi connectivity index (χ0) is 19.6. The summed E-state index contributed by atoms with van der Waals surface area (Å²) in [5.74, 6) is 0.0341. The molecule has 1 atom stereocenters. The van der Waals surface area contributed by atoms with Gasteiger partial charge in [-0.05, 0) is 39.0 Å². The van der Waals surface area contributed by atoms with Crippen LogP contribution in [0, 0.1) is 13.8 Å². The van der Waals surface area contributed by atoms with Crippen LogP contribution >= 0.6 is 0 Å². The first-order valence-corrected chi connectivity index (χ1v) is 10.6. The molecule has 0 saturated carbocycles. The summed E-state index contributed by atoms with van der Waals surface area (Å²) >= 11 is 0. The zero-order valence-electron chi connectivity index (χ0n) is 16.0. The first-order valence-electron chi connectivity index (χ1n) is 9.15. The van der Waals surface area contributed by atoms with Crippen LogP contribution in [0.1, 0.15) is 30.8 Å². The van der Waals surface area contributed by atoms with E-state index in [9.17, 15) is 13.2 Å². The molecule has 8 heteroatoms. The van der Waals surface area contributed by atoms with E-state index < -0.39 is 10.0 Å². The maximum Gasteiger partial charge on any atom is 0.243 e. The summed E-state index contributed by atoms with van der Waals surface area (Å²) in [7, 11) is -3.50. The second-order valence-corrected chi connectivity index (χ2v) is 8.96. The van der Waals surface area contributed by atoms with Gasteiger partial charge < -0.3 is 4.90 Å². The van der Waals surface area contributed by atoms with E-state index in [1.807, 2.05) is 31.5 Å². The molecule has 0 aliphatic carbocycles. The van der Waals surface area contributed by atoms with Crippen molar-refractivity contribution in [1.29, 1.82) is 0 Å². The highest BCUT2D eigenvalue weighted by molar-refractivity contribution is 7.89. The largest absolute Gasteiger partial charge is 0.340 e. The first-order chi connectivity index (χ1) is 12.8. The molecule has 0 radical (unpaired) electrons. The molecule has 1 fully saturated rings. The standard InChI is InChI=1S/C19H26N4O3S/c1-15-13-16(2)23(20-15)17(3)14-19(24)21-9-11-22(12-10-21)27(25,26)18-7-5-4-6-8-18/h4-8,13,17H,9-12,14H2,1-3H3. The Labute approximate surface area is 160 Å². The van der Waals surface area contributed by atoms with E-state index >= 15 is 0 Å². The topological polar surface area (TPSA) is 75.5 Å². The van der Waals surface area contributed by atoms with Crippen LogP contribution in [0.25, 0.3) is 0 Å². The molecule has 0 N–H and O–H groups in total. The molecule has 2 heterocycles. The van der Waals surface area contributed by atoms with Crippen LogP contribution in [0.3, 0.4) is 0 Å². The van der Waals surface area contributed by atoms with E-state index in [-0.39, 0.29) is 11.9 Å². The average Bonchev–Trinajstić information content (AvgIpc) is 3.01. The minimum absolute atomic E-state index is 0.0303. The van der Waals surface area contributed by atoms with Crippen molar-refractivity contribution < 1.29 is 13.2 Å². The lowest BCUT2D eigenvalue weighted by Gasteiger charge is -2.34. The van der Waals surface area contributed by atoms with Crippen molar-refractivity contribution in [3.8, 4) is 0 Å². The second-order valence-electron chi connectivity index (χ2n) is 7.02. The molecule has 1 aromatic carbocycles. The Bertz CT molecular complexity index is 900. The Balaban J connectivity index is 1.59. The molecular formula is C19H26N4O3S. The number of rotatable bonds is 5. The molecule has 1 amide bonds. The third-order valence-corrected chi connectivity index (χ3v) is 6.82. The van der Waals surface area contributed by atoms with Crippen molar-refractivity contribution in [2.45, 2.75) is 38.1 Å². The fourth-order valence-electron chi connectivity index (χ4n) is 3.48. The van der Waals surface area contributed by atoms with Gasteiger partial charge in [0.15, 0.2) is 0 Å². The Kier molecular flexibility index (Phi) is 5.67. The van der Waals surface area contributed by atoms with Gasteiger partial charge in [-0.3, -0.25) is 9.48 Å². The van der Waals surface area contributed by atoms with E-state index in [0.29, 0.717) is 37.5 Å². The Morgan fingerprint density at radius 1 is 1.11 bits per heavy atom. The fraction of sp³-hybridized carbons (Fsp3) is 0.474. The van der Waals surface area contributed by atoms with Crippen LogP contribution in [-0.2, 0) is 14.8 Å². The maximum atomic E-state index is 12.7. The third kappa shape index (κ3) is 4.22.